The molecule has 2 heterocycles. The first-order valence-corrected chi connectivity index (χ1v) is 10.9. The summed E-state index contributed by atoms with van der Waals surface area (Å²) < 4.78 is 46.3. The summed E-state index contributed by atoms with van der Waals surface area (Å²) in [4.78, 5) is 18.6. The highest BCUT2D eigenvalue weighted by Crippen LogP contribution is 2.43. The molecule has 7 nitrogen and oxygen atoms in total. The average molecular weight is 515 g/mol. The number of rotatable bonds is 4. The Kier molecular flexibility index (Phi) is 6.61. The molecule has 1 aliphatic rings. The van der Waals surface area contributed by atoms with Crippen LogP contribution in [0, 0.1) is 0 Å². The minimum Gasteiger partial charge on any atom is -0.366 e. The number of nitrogens with zero attached hydrogens (tertiary/aromatic N) is 4. The number of benzene rings is 2. The molecular formula is C22H19Cl2F3N4O3. The first kappa shape index (κ1) is 24.5. The summed E-state index contributed by atoms with van der Waals surface area (Å²) in [6.45, 7) is 1.53. The summed E-state index contributed by atoms with van der Waals surface area (Å²) in [5, 5.41) is 15.4. The van der Waals surface area contributed by atoms with E-state index < -0.39 is 35.6 Å². The molecule has 3 atom stereocenters. The number of β-amino-alcohol motifs (C(OH)–C–C–N with tert-alkyl or cyclic N) is 1. The van der Waals surface area contributed by atoms with Crippen LogP contribution in [0.5, 0.6) is 0 Å². The molecule has 1 aromatic heterocycles. The van der Waals surface area contributed by atoms with Crippen LogP contribution in [0.2, 0.25) is 10.0 Å². The normalized spacial score (nSPS) is 23.2. The lowest BCUT2D eigenvalue weighted by Crippen LogP contribution is -2.62. The van der Waals surface area contributed by atoms with Crippen molar-refractivity contribution in [2.24, 2.45) is 0 Å². The summed E-state index contributed by atoms with van der Waals surface area (Å²) >= 11 is 12.6. The molecule has 180 valence electrons. The smallest absolute Gasteiger partial charge is 0.366 e. The molecule has 1 unspecified atom stereocenters. The van der Waals surface area contributed by atoms with E-state index in [2.05, 4.69) is 10.1 Å². The molecule has 0 aliphatic carbocycles. The second kappa shape index (κ2) is 9.18. The van der Waals surface area contributed by atoms with Gasteiger partial charge in [0.25, 0.3) is 5.91 Å². The molecule has 3 aromatic rings. The number of aromatic nitrogens is 3. The van der Waals surface area contributed by atoms with Crippen LogP contribution in [-0.4, -0.2) is 49.6 Å². The molecule has 0 saturated carbocycles. The van der Waals surface area contributed by atoms with E-state index in [0.717, 1.165) is 24.3 Å². The van der Waals surface area contributed by atoms with Gasteiger partial charge in [0.1, 0.15) is 18.3 Å². The van der Waals surface area contributed by atoms with E-state index in [9.17, 15) is 23.1 Å². The number of carbonyl (C=O) groups excluding carboxylic acids is 1. The monoisotopic (exact) mass is 514 g/mol. The van der Waals surface area contributed by atoms with Gasteiger partial charge in [0.05, 0.1) is 24.7 Å². The van der Waals surface area contributed by atoms with Gasteiger partial charge in [0.15, 0.2) is 6.29 Å². The van der Waals surface area contributed by atoms with E-state index in [-0.39, 0.29) is 23.7 Å². The van der Waals surface area contributed by atoms with E-state index in [4.69, 9.17) is 27.9 Å². The Morgan fingerprint density at radius 2 is 1.94 bits per heavy atom. The molecule has 1 N–H and O–H groups in total. The van der Waals surface area contributed by atoms with Gasteiger partial charge in [-0.25, -0.2) is 9.67 Å². The summed E-state index contributed by atoms with van der Waals surface area (Å²) in [6.07, 6.45) is -3.16. The Labute approximate surface area is 202 Å². The fourth-order valence-electron chi connectivity index (χ4n) is 4.11. The van der Waals surface area contributed by atoms with Gasteiger partial charge in [-0.3, -0.25) is 4.79 Å². The number of alkyl halides is 3. The highest BCUT2D eigenvalue weighted by Gasteiger charge is 2.51. The number of aliphatic hydroxyl groups excluding tert-OH is 1. The number of hydrogen-bond acceptors (Lipinski definition) is 5. The maximum absolute atomic E-state index is 13.4. The summed E-state index contributed by atoms with van der Waals surface area (Å²) in [7, 11) is 0. The number of carbonyl (C=O) groups is 1. The Morgan fingerprint density at radius 3 is 2.53 bits per heavy atom. The van der Waals surface area contributed by atoms with Crippen LogP contribution < -0.4 is 0 Å². The van der Waals surface area contributed by atoms with Crippen molar-refractivity contribution < 1.29 is 27.8 Å². The zero-order valence-electron chi connectivity index (χ0n) is 17.7. The third-order valence-corrected chi connectivity index (χ3v) is 6.36. The van der Waals surface area contributed by atoms with Crippen molar-refractivity contribution >= 4 is 29.1 Å². The van der Waals surface area contributed by atoms with Gasteiger partial charge in [-0.05, 0) is 43.3 Å². The van der Waals surface area contributed by atoms with Gasteiger partial charge in [-0.1, -0.05) is 29.3 Å². The quantitative estimate of drug-likeness (QED) is 0.558. The predicted octanol–water partition coefficient (Wildman–Crippen LogP) is 4.38. The number of aliphatic hydroxyl groups is 1. The lowest BCUT2D eigenvalue weighted by molar-refractivity contribution is -0.255. The third kappa shape index (κ3) is 4.63. The molecule has 0 radical (unpaired) electrons. The SMILES string of the molecule is C[C@H]1N(C(=O)c2ccc(C(F)(F)F)cc2)CC(O)O[C@@]1(Cn1cncn1)c1ccc(Cl)cc1Cl. The number of amides is 1. The standard InChI is InChI=1S/C22H19Cl2F3N4O3/c1-13-21(10-30-12-28-11-29-30,17-7-6-16(23)8-18(17)24)34-19(32)9-31(13)20(33)14-2-4-15(5-3-14)22(25,26)27/h2-8,11-13,19,32H,9-10H2,1H3/t13-,19?,21-/m1/s1. The van der Waals surface area contributed by atoms with Crippen LogP contribution >= 0.6 is 23.2 Å². The van der Waals surface area contributed by atoms with Gasteiger partial charge >= 0.3 is 6.18 Å². The first-order valence-electron chi connectivity index (χ1n) is 10.1. The second-order valence-corrected chi connectivity index (χ2v) is 8.73. The number of ether oxygens (including phenoxy) is 1. The van der Waals surface area contributed by atoms with Gasteiger partial charge in [-0.2, -0.15) is 18.3 Å². The van der Waals surface area contributed by atoms with Gasteiger partial charge in [0.2, 0.25) is 0 Å². The minimum absolute atomic E-state index is 0.0311. The molecule has 12 heteroatoms. The fourth-order valence-corrected chi connectivity index (χ4v) is 4.68. The Hall–Kier alpha value is -2.66. The molecule has 34 heavy (non-hydrogen) atoms. The second-order valence-electron chi connectivity index (χ2n) is 7.89. The van der Waals surface area contributed by atoms with E-state index in [1.807, 2.05) is 0 Å². The summed E-state index contributed by atoms with van der Waals surface area (Å²) in [6, 6.07) is 7.92. The van der Waals surface area contributed by atoms with Crippen molar-refractivity contribution in [2.75, 3.05) is 6.54 Å². The van der Waals surface area contributed by atoms with E-state index in [0.29, 0.717) is 10.6 Å². The Morgan fingerprint density at radius 1 is 1.24 bits per heavy atom. The van der Waals surface area contributed by atoms with Crippen molar-refractivity contribution in [2.45, 2.75) is 37.6 Å². The van der Waals surface area contributed by atoms with Crippen molar-refractivity contribution in [3.8, 4) is 0 Å². The number of morpholine rings is 1. The van der Waals surface area contributed by atoms with Crippen molar-refractivity contribution in [1.82, 2.24) is 19.7 Å². The summed E-state index contributed by atoms with van der Waals surface area (Å²) in [5.41, 5.74) is -1.77. The minimum atomic E-state index is -4.53. The lowest BCUT2D eigenvalue weighted by Gasteiger charge is -2.50. The Bertz CT molecular complexity index is 1180. The third-order valence-electron chi connectivity index (χ3n) is 5.81. The predicted molar refractivity (Wildman–Crippen MR) is 117 cm³/mol. The van der Waals surface area contributed by atoms with Crippen molar-refractivity contribution in [1.29, 1.82) is 0 Å². The topological polar surface area (TPSA) is 80.5 Å². The molecule has 1 aliphatic heterocycles. The van der Waals surface area contributed by atoms with Crippen LogP contribution in [0.1, 0.15) is 28.4 Å². The van der Waals surface area contributed by atoms with Crippen molar-refractivity contribution in [3.63, 3.8) is 0 Å². The van der Waals surface area contributed by atoms with Gasteiger partial charge in [-0.15, -0.1) is 0 Å². The lowest BCUT2D eigenvalue weighted by atomic mass is 9.83. The maximum atomic E-state index is 13.4. The zero-order valence-corrected chi connectivity index (χ0v) is 19.2. The molecule has 1 fully saturated rings. The molecule has 0 spiro atoms. The number of hydrogen-bond donors (Lipinski definition) is 1. The highest BCUT2D eigenvalue weighted by atomic mass is 35.5. The van der Waals surface area contributed by atoms with E-state index in [1.54, 1.807) is 19.1 Å². The van der Waals surface area contributed by atoms with Crippen LogP contribution in [0.25, 0.3) is 0 Å². The zero-order chi connectivity index (χ0) is 24.7. The van der Waals surface area contributed by atoms with Crippen LogP contribution in [0.4, 0.5) is 13.2 Å². The molecule has 0 bridgehead atoms. The van der Waals surface area contributed by atoms with Crippen LogP contribution in [-0.2, 0) is 23.1 Å². The fraction of sp³-hybridized carbons (Fsp3) is 0.318. The molecule has 1 saturated heterocycles. The molecule has 1 amide bonds. The molecule has 4 rings (SSSR count). The average Bonchev–Trinajstić information content (AvgIpc) is 3.28. The maximum Gasteiger partial charge on any atom is 0.416 e. The highest BCUT2D eigenvalue weighted by molar-refractivity contribution is 6.35. The van der Waals surface area contributed by atoms with Crippen LogP contribution in [0.15, 0.2) is 55.1 Å². The largest absolute Gasteiger partial charge is 0.416 e. The van der Waals surface area contributed by atoms with Gasteiger partial charge < -0.3 is 14.7 Å². The first-order chi connectivity index (χ1) is 16.0. The summed E-state index contributed by atoms with van der Waals surface area (Å²) in [5.74, 6) is -0.573. The van der Waals surface area contributed by atoms with Crippen LogP contribution in [0.3, 0.4) is 0 Å². The van der Waals surface area contributed by atoms with Gasteiger partial charge in [0, 0.05) is 21.2 Å². The van der Waals surface area contributed by atoms with Crippen molar-refractivity contribution in [3.05, 3.63) is 81.9 Å². The molecule has 2 aromatic carbocycles. The molecular weight excluding hydrogens is 496 g/mol. The number of halogens is 5. The Balaban J connectivity index is 1.76. The van der Waals surface area contributed by atoms with E-state index >= 15 is 0 Å². The van der Waals surface area contributed by atoms with E-state index in [1.165, 1.54) is 28.3 Å².